The van der Waals surface area contributed by atoms with Crippen molar-refractivity contribution in [3.8, 4) is 0 Å². The predicted octanol–water partition coefficient (Wildman–Crippen LogP) is 1.41. The van der Waals surface area contributed by atoms with E-state index in [0.717, 1.165) is 32.2 Å². The van der Waals surface area contributed by atoms with Gasteiger partial charge in [0.05, 0.1) is 6.54 Å². The van der Waals surface area contributed by atoms with E-state index in [-0.39, 0.29) is 18.4 Å². The van der Waals surface area contributed by atoms with Gasteiger partial charge in [0, 0.05) is 38.3 Å². The largest absolute Gasteiger partial charge is 0.483 e. The first kappa shape index (κ1) is 19.9. The van der Waals surface area contributed by atoms with E-state index in [1.807, 2.05) is 13.8 Å². The Hall–Kier alpha value is -1.14. The average molecular weight is 327 g/mol. The summed E-state index contributed by atoms with van der Waals surface area (Å²) in [4.78, 5) is 25.1. The Kier molecular flexibility index (Phi) is 7.99. The lowest BCUT2D eigenvalue weighted by molar-refractivity contribution is -0.124. The number of hydrogen-bond donors (Lipinski definition) is 2. The minimum Gasteiger partial charge on any atom is -0.483 e. The van der Waals surface area contributed by atoms with Gasteiger partial charge in [0.15, 0.2) is 0 Å². The topological polar surface area (TPSA) is 72.9 Å². The van der Waals surface area contributed by atoms with E-state index < -0.39 is 0 Å². The molecule has 1 heterocycles. The second kappa shape index (κ2) is 9.23. The van der Waals surface area contributed by atoms with Crippen molar-refractivity contribution < 1.29 is 14.7 Å². The number of carbonyl (C=O) groups is 2. The predicted molar refractivity (Wildman–Crippen MR) is 91.4 cm³/mol. The number of carbonyl (C=O) groups excluding carboxylic acids is 1. The molecule has 0 aromatic carbocycles. The smallest absolute Gasteiger partial charge is 0.290 e. The number of nitrogens with zero attached hydrogens (tertiary/aromatic N) is 2. The fourth-order valence-electron chi connectivity index (χ4n) is 3.57. The van der Waals surface area contributed by atoms with Gasteiger partial charge in [-0.2, -0.15) is 0 Å². The number of carboxylic acid groups (broad SMARTS) is 1. The number of nitrogens with one attached hydrogen (secondary N) is 1. The number of rotatable bonds is 4. The van der Waals surface area contributed by atoms with Crippen LogP contribution in [-0.4, -0.2) is 72.1 Å². The van der Waals surface area contributed by atoms with Crippen molar-refractivity contribution in [2.75, 3.05) is 32.7 Å². The summed E-state index contributed by atoms with van der Waals surface area (Å²) in [6, 6.07) is 1.01. The Morgan fingerprint density at radius 1 is 1.30 bits per heavy atom. The summed E-state index contributed by atoms with van der Waals surface area (Å²) in [5, 5.41) is 9.86. The van der Waals surface area contributed by atoms with E-state index in [9.17, 15) is 4.79 Å². The standard InChI is InChI=1S/C16H31N3O.CH2O2/c1-13(2)17-15(20)12-18-7-9-19(10-8-18)14-5-6-16(3,4)11-14;2-1-3/h13-14H,5-12H2,1-4H3,(H,17,20);1H,(H,2,3). The van der Waals surface area contributed by atoms with E-state index in [1.54, 1.807) is 0 Å². The fraction of sp³-hybridized carbons (Fsp3) is 0.882. The van der Waals surface area contributed by atoms with Crippen LogP contribution in [0, 0.1) is 5.41 Å². The number of amides is 1. The highest BCUT2D eigenvalue weighted by Gasteiger charge is 2.35. The van der Waals surface area contributed by atoms with Crippen LogP contribution in [0.15, 0.2) is 0 Å². The second-order valence-corrected chi connectivity index (χ2v) is 7.70. The zero-order valence-electron chi connectivity index (χ0n) is 15.0. The molecule has 1 aliphatic heterocycles. The van der Waals surface area contributed by atoms with E-state index in [4.69, 9.17) is 9.90 Å². The molecule has 0 spiro atoms. The maximum atomic E-state index is 11.8. The van der Waals surface area contributed by atoms with Crippen molar-refractivity contribution in [2.45, 2.75) is 59.0 Å². The molecule has 0 aromatic rings. The maximum absolute atomic E-state index is 11.8. The molecule has 1 atom stereocenters. The lowest BCUT2D eigenvalue weighted by Gasteiger charge is -2.38. The SMILES string of the molecule is CC(C)NC(=O)CN1CCN(C2CCC(C)(C)C2)CC1.O=CO. The summed E-state index contributed by atoms with van der Waals surface area (Å²) >= 11 is 0. The van der Waals surface area contributed by atoms with Crippen LogP contribution >= 0.6 is 0 Å². The Bertz CT molecular complexity index is 377. The molecule has 2 fully saturated rings. The highest BCUT2D eigenvalue weighted by molar-refractivity contribution is 5.78. The van der Waals surface area contributed by atoms with Gasteiger partial charge in [-0.1, -0.05) is 13.8 Å². The molecular weight excluding hydrogens is 294 g/mol. The Labute approximate surface area is 140 Å². The molecule has 2 rings (SSSR count). The van der Waals surface area contributed by atoms with Gasteiger partial charge in [-0.15, -0.1) is 0 Å². The second-order valence-electron chi connectivity index (χ2n) is 7.70. The van der Waals surface area contributed by atoms with Gasteiger partial charge in [-0.05, 0) is 38.5 Å². The van der Waals surface area contributed by atoms with E-state index in [2.05, 4.69) is 29.0 Å². The third kappa shape index (κ3) is 7.31. The van der Waals surface area contributed by atoms with E-state index in [0.29, 0.717) is 12.0 Å². The van der Waals surface area contributed by atoms with Crippen molar-refractivity contribution in [3.05, 3.63) is 0 Å². The minimum absolute atomic E-state index is 0.162. The van der Waals surface area contributed by atoms with Gasteiger partial charge < -0.3 is 10.4 Å². The summed E-state index contributed by atoms with van der Waals surface area (Å²) < 4.78 is 0. The van der Waals surface area contributed by atoms with Crippen LogP contribution in [0.5, 0.6) is 0 Å². The van der Waals surface area contributed by atoms with E-state index in [1.165, 1.54) is 19.3 Å². The van der Waals surface area contributed by atoms with Gasteiger partial charge >= 0.3 is 0 Å². The molecule has 2 aliphatic rings. The third-order valence-corrected chi connectivity index (χ3v) is 4.68. The van der Waals surface area contributed by atoms with Crippen molar-refractivity contribution >= 4 is 12.4 Å². The molecule has 1 unspecified atom stereocenters. The number of hydrogen-bond acceptors (Lipinski definition) is 4. The van der Waals surface area contributed by atoms with Crippen LogP contribution in [0.3, 0.4) is 0 Å². The van der Waals surface area contributed by atoms with Crippen LogP contribution in [0.2, 0.25) is 0 Å². The highest BCUT2D eigenvalue weighted by atomic mass is 16.3. The van der Waals surface area contributed by atoms with Crippen LogP contribution < -0.4 is 5.32 Å². The van der Waals surface area contributed by atoms with Crippen molar-refractivity contribution in [1.82, 2.24) is 15.1 Å². The average Bonchev–Trinajstić information content (AvgIpc) is 2.80. The molecule has 2 N–H and O–H groups in total. The molecule has 0 radical (unpaired) electrons. The minimum atomic E-state index is -0.250. The summed E-state index contributed by atoms with van der Waals surface area (Å²) in [6.45, 7) is 13.4. The van der Waals surface area contributed by atoms with Crippen molar-refractivity contribution in [1.29, 1.82) is 0 Å². The molecule has 23 heavy (non-hydrogen) atoms. The highest BCUT2D eigenvalue weighted by Crippen LogP contribution is 2.39. The maximum Gasteiger partial charge on any atom is 0.290 e. The zero-order chi connectivity index (χ0) is 17.5. The van der Waals surface area contributed by atoms with Crippen LogP contribution in [0.25, 0.3) is 0 Å². The van der Waals surface area contributed by atoms with Crippen molar-refractivity contribution in [3.63, 3.8) is 0 Å². The lowest BCUT2D eigenvalue weighted by atomic mass is 9.91. The summed E-state index contributed by atoms with van der Waals surface area (Å²) in [5.74, 6) is 0.162. The first-order valence-electron chi connectivity index (χ1n) is 8.61. The lowest BCUT2D eigenvalue weighted by Crippen LogP contribution is -2.52. The first-order chi connectivity index (χ1) is 10.8. The molecular formula is C17H33N3O3. The van der Waals surface area contributed by atoms with Gasteiger partial charge in [0.25, 0.3) is 6.47 Å². The summed E-state index contributed by atoms with van der Waals surface area (Å²) in [6.07, 6.45) is 4.04. The monoisotopic (exact) mass is 327 g/mol. The van der Waals surface area contributed by atoms with Gasteiger partial charge in [-0.3, -0.25) is 19.4 Å². The van der Waals surface area contributed by atoms with Gasteiger partial charge in [-0.25, -0.2) is 0 Å². The molecule has 1 saturated carbocycles. The molecule has 0 bridgehead atoms. The zero-order valence-corrected chi connectivity index (χ0v) is 15.0. The van der Waals surface area contributed by atoms with Gasteiger partial charge in [0.2, 0.25) is 5.91 Å². The normalized spacial score (nSPS) is 24.8. The first-order valence-corrected chi connectivity index (χ1v) is 8.61. The van der Waals surface area contributed by atoms with Gasteiger partial charge in [0.1, 0.15) is 0 Å². The molecule has 134 valence electrons. The third-order valence-electron chi connectivity index (χ3n) is 4.68. The molecule has 0 aromatic heterocycles. The fourth-order valence-corrected chi connectivity index (χ4v) is 3.57. The Morgan fingerprint density at radius 2 is 1.87 bits per heavy atom. The van der Waals surface area contributed by atoms with Crippen LogP contribution in [-0.2, 0) is 9.59 Å². The Balaban J connectivity index is 0.000000816. The Morgan fingerprint density at radius 3 is 2.30 bits per heavy atom. The van der Waals surface area contributed by atoms with E-state index >= 15 is 0 Å². The summed E-state index contributed by atoms with van der Waals surface area (Å²) in [7, 11) is 0. The molecule has 1 amide bonds. The quantitative estimate of drug-likeness (QED) is 0.764. The molecule has 6 nitrogen and oxygen atoms in total. The van der Waals surface area contributed by atoms with Crippen LogP contribution in [0.4, 0.5) is 0 Å². The number of piperazine rings is 1. The van der Waals surface area contributed by atoms with Crippen LogP contribution in [0.1, 0.15) is 47.0 Å². The molecule has 1 saturated heterocycles. The molecule has 1 aliphatic carbocycles. The molecule has 6 heteroatoms. The summed E-state index contributed by atoms with van der Waals surface area (Å²) in [5.41, 5.74) is 0.527. The van der Waals surface area contributed by atoms with Crippen molar-refractivity contribution in [2.24, 2.45) is 5.41 Å².